The van der Waals surface area contributed by atoms with Gasteiger partial charge in [0.1, 0.15) is 11.4 Å². The number of nitrogens with zero attached hydrogens (tertiary/aromatic N) is 4. The number of aryl methyl sites for hydroxylation is 2. The molecule has 4 rings (SSSR count). The lowest BCUT2D eigenvalue weighted by Gasteiger charge is -2.34. The summed E-state index contributed by atoms with van der Waals surface area (Å²) in [5, 5.41) is 11.4. The van der Waals surface area contributed by atoms with Crippen molar-refractivity contribution in [2.75, 3.05) is 19.0 Å². The van der Waals surface area contributed by atoms with Crippen molar-refractivity contribution in [3.8, 4) is 5.75 Å². The number of likely N-dealkylation sites (tertiary alicyclic amines) is 1. The first-order chi connectivity index (χ1) is 16.6. The first-order valence-electron chi connectivity index (χ1n) is 11.9. The van der Waals surface area contributed by atoms with E-state index in [1.54, 1.807) is 37.0 Å². The van der Waals surface area contributed by atoms with Crippen LogP contribution < -0.4 is 10.1 Å². The predicted octanol–water partition coefficient (Wildman–Crippen LogP) is 4.64. The molecule has 9 nitrogen and oxygen atoms in total. The van der Waals surface area contributed by atoms with E-state index in [1.807, 2.05) is 24.0 Å². The van der Waals surface area contributed by atoms with E-state index in [2.05, 4.69) is 36.3 Å². The third kappa shape index (κ3) is 5.08. The highest BCUT2D eigenvalue weighted by atomic mass is 16.5. The second-order valence-corrected chi connectivity index (χ2v) is 10.0. The Labute approximate surface area is 205 Å². The van der Waals surface area contributed by atoms with Gasteiger partial charge in [0.05, 0.1) is 18.8 Å². The van der Waals surface area contributed by atoms with Gasteiger partial charge < -0.3 is 19.5 Å². The van der Waals surface area contributed by atoms with Gasteiger partial charge in [0, 0.05) is 30.8 Å². The molecule has 2 aromatic heterocycles. The molecule has 3 heterocycles. The summed E-state index contributed by atoms with van der Waals surface area (Å²) in [7, 11) is 3.39. The largest absolute Gasteiger partial charge is 0.497 e. The van der Waals surface area contributed by atoms with Gasteiger partial charge in [0.15, 0.2) is 11.5 Å². The quantitative estimate of drug-likeness (QED) is 0.572. The summed E-state index contributed by atoms with van der Waals surface area (Å²) in [5.74, 6) is 0.752. The number of hydrogen-bond donors (Lipinski definition) is 1. The second-order valence-electron chi connectivity index (χ2n) is 10.0. The minimum atomic E-state index is -0.372. The van der Waals surface area contributed by atoms with Gasteiger partial charge in [-0.05, 0) is 56.0 Å². The van der Waals surface area contributed by atoms with Crippen molar-refractivity contribution < 1.29 is 18.8 Å². The highest BCUT2D eigenvalue weighted by Crippen LogP contribution is 2.33. The van der Waals surface area contributed by atoms with E-state index in [9.17, 15) is 9.59 Å². The molecular weight excluding hydrogens is 446 g/mol. The Morgan fingerprint density at radius 2 is 1.94 bits per heavy atom. The SMILES string of the molecule is COc1ccc(NC(=O)c2cc(C3CCCCN3C(=O)c3cc(C(C)(C)C)nn3C)on2)c(C)c1. The van der Waals surface area contributed by atoms with Crippen molar-refractivity contribution in [2.45, 2.75) is 58.4 Å². The third-order valence-electron chi connectivity index (χ3n) is 6.40. The number of aromatic nitrogens is 3. The number of carbonyl (C=O) groups is 2. The summed E-state index contributed by atoms with van der Waals surface area (Å²) in [5.41, 5.74) is 2.95. The van der Waals surface area contributed by atoms with E-state index in [0.29, 0.717) is 29.4 Å². The summed E-state index contributed by atoms with van der Waals surface area (Å²) >= 11 is 0. The Morgan fingerprint density at radius 3 is 2.60 bits per heavy atom. The summed E-state index contributed by atoms with van der Waals surface area (Å²) in [6, 6.07) is 8.62. The average molecular weight is 480 g/mol. The molecule has 1 fully saturated rings. The first-order valence-corrected chi connectivity index (χ1v) is 11.9. The Hall–Kier alpha value is -3.62. The zero-order chi connectivity index (χ0) is 25.3. The van der Waals surface area contributed by atoms with E-state index >= 15 is 0 Å². The average Bonchev–Trinajstić information content (AvgIpc) is 3.47. The molecule has 0 spiro atoms. The highest BCUT2D eigenvalue weighted by Gasteiger charge is 2.34. The number of nitrogens with one attached hydrogen (secondary N) is 1. The number of rotatable bonds is 5. The number of hydrogen-bond acceptors (Lipinski definition) is 6. The smallest absolute Gasteiger partial charge is 0.277 e. The van der Waals surface area contributed by atoms with Crippen molar-refractivity contribution in [1.29, 1.82) is 0 Å². The van der Waals surface area contributed by atoms with Crippen LogP contribution in [0.3, 0.4) is 0 Å². The van der Waals surface area contributed by atoms with Crippen LogP contribution >= 0.6 is 0 Å². The van der Waals surface area contributed by atoms with E-state index < -0.39 is 0 Å². The Morgan fingerprint density at radius 1 is 1.17 bits per heavy atom. The maximum atomic E-state index is 13.5. The lowest BCUT2D eigenvalue weighted by Crippen LogP contribution is -2.39. The number of anilines is 1. The molecule has 0 bridgehead atoms. The Bertz CT molecular complexity index is 1240. The fourth-order valence-electron chi connectivity index (χ4n) is 4.29. The van der Waals surface area contributed by atoms with Crippen LogP contribution in [0.15, 0.2) is 34.9 Å². The molecule has 1 saturated heterocycles. The first kappa shape index (κ1) is 24.5. The van der Waals surface area contributed by atoms with E-state index in [-0.39, 0.29) is 29.0 Å². The second kappa shape index (κ2) is 9.56. The van der Waals surface area contributed by atoms with Gasteiger partial charge in [-0.15, -0.1) is 0 Å². The van der Waals surface area contributed by atoms with Crippen LogP contribution in [0.25, 0.3) is 0 Å². The molecule has 35 heavy (non-hydrogen) atoms. The van der Waals surface area contributed by atoms with E-state index in [4.69, 9.17) is 9.26 Å². The minimum absolute atomic E-state index is 0.101. The van der Waals surface area contributed by atoms with Crippen LogP contribution in [0.5, 0.6) is 5.75 Å². The van der Waals surface area contributed by atoms with Crippen LogP contribution in [-0.4, -0.2) is 45.3 Å². The molecule has 0 radical (unpaired) electrons. The molecule has 1 aliphatic heterocycles. The molecule has 0 aliphatic carbocycles. The molecule has 1 aliphatic rings. The lowest BCUT2D eigenvalue weighted by atomic mass is 9.92. The maximum absolute atomic E-state index is 13.5. The molecule has 2 amide bonds. The van der Waals surface area contributed by atoms with Crippen LogP contribution in [-0.2, 0) is 12.5 Å². The van der Waals surface area contributed by atoms with E-state index in [1.165, 1.54) is 0 Å². The number of methoxy groups -OCH3 is 1. The van der Waals surface area contributed by atoms with Gasteiger partial charge in [-0.1, -0.05) is 25.9 Å². The van der Waals surface area contributed by atoms with Crippen LogP contribution in [0, 0.1) is 6.92 Å². The standard InChI is InChI=1S/C26H33N5O4/c1-16-13-17(34-6)10-11-18(16)27-24(32)19-14-22(35-29-19)20-9-7-8-12-31(20)25(33)21-15-23(26(2,3)4)28-30(21)5/h10-11,13-15,20H,7-9,12H2,1-6H3,(H,27,32). The number of piperidine rings is 1. The number of ether oxygens (including phenoxy) is 1. The fraction of sp³-hybridized carbons (Fsp3) is 0.462. The zero-order valence-corrected chi connectivity index (χ0v) is 21.2. The lowest BCUT2D eigenvalue weighted by molar-refractivity contribution is 0.0558. The number of amides is 2. The molecule has 3 aromatic rings. The molecule has 186 valence electrons. The van der Waals surface area contributed by atoms with Gasteiger partial charge in [0.2, 0.25) is 0 Å². The summed E-state index contributed by atoms with van der Waals surface area (Å²) in [6.45, 7) is 8.71. The van der Waals surface area contributed by atoms with Crippen LogP contribution in [0.2, 0.25) is 0 Å². The molecule has 1 aromatic carbocycles. The van der Waals surface area contributed by atoms with Crippen LogP contribution in [0.1, 0.15) is 84.1 Å². The molecule has 9 heteroatoms. The molecule has 1 atom stereocenters. The van der Waals surface area contributed by atoms with Gasteiger partial charge in [-0.3, -0.25) is 14.3 Å². The van der Waals surface area contributed by atoms with Gasteiger partial charge >= 0.3 is 0 Å². The summed E-state index contributed by atoms with van der Waals surface area (Å²) < 4.78 is 12.5. The number of carbonyl (C=O) groups excluding carboxylic acids is 2. The van der Waals surface area contributed by atoms with Gasteiger partial charge in [0.25, 0.3) is 11.8 Å². The third-order valence-corrected chi connectivity index (χ3v) is 6.40. The molecule has 1 N–H and O–H groups in total. The van der Waals surface area contributed by atoms with Gasteiger partial charge in [-0.25, -0.2) is 0 Å². The van der Waals surface area contributed by atoms with E-state index in [0.717, 1.165) is 30.5 Å². The predicted molar refractivity (Wildman–Crippen MR) is 132 cm³/mol. The Kier molecular flexibility index (Phi) is 6.69. The fourth-order valence-corrected chi connectivity index (χ4v) is 4.29. The highest BCUT2D eigenvalue weighted by molar-refractivity contribution is 6.03. The molecule has 1 unspecified atom stereocenters. The van der Waals surface area contributed by atoms with Gasteiger partial charge in [-0.2, -0.15) is 5.10 Å². The zero-order valence-electron chi connectivity index (χ0n) is 21.2. The maximum Gasteiger partial charge on any atom is 0.277 e. The van der Waals surface area contributed by atoms with Crippen LogP contribution in [0.4, 0.5) is 5.69 Å². The van der Waals surface area contributed by atoms with Crippen molar-refractivity contribution in [3.05, 3.63) is 58.7 Å². The number of benzene rings is 1. The van der Waals surface area contributed by atoms with Crippen molar-refractivity contribution in [1.82, 2.24) is 19.8 Å². The topological polar surface area (TPSA) is 102 Å². The normalized spacial score (nSPS) is 16.3. The molecule has 0 saturated carbocycles. The molecular formula is C26H33N5O4. The van der Waals surface area contributed by atoms with Crippen molar-refractivity contribution in [2.24, 2.45) is 7.05 Å². The Balaban J connectivity index is 1.53. The van der Waals surface area contributed by atoms with Crippen molar-refractivity contribution in [3.63, 3.8) is 0 Å². The minimum Gasteiger partial charge on any atom is -0.497 e. The monoisotopic (exact) mass is 479 g/mol. The summed E-state index contributed by atoms with van der Waals surface area (Å²) in [6.07, 6.45) is 2.61. The van der Waals surface area contributed by atoms with Crippen molar-refractivity contribution >= 4 is 17.5 Å². The summed E-state index contributed by atoms with van der Waals surface area (Å²) in [4.78, 5) is 28.2.